The lowest BCUT2D eigenvalue weighted by molar-refractivity contribution is 0.737. The molecule has 3 nitrogen and oxygen atoms in total. The van der Waals surface area contributed by atoms with Crippen LogP contribution >= 0.6 is 27.7 Å². The van der Waals surface area contributed by atoms with Crippen molar-refractivity contribution in [3.05, 3.63) is 16.0 Å². The molecule has 0 radical (unpaired) electrons. The second-order valence-corrected chi connectivity index (χ2v) is 6.64. The van der Waals surface area contributed by atoms with Crippen molar-refractivity contribution in [1.29, 1.82) is 0 Å². The summed E-state index contributed by atoms with van der Waals surface area (Å²) in [5.74, 6) is 3.54. The third kappa shape index (κ3) is 2.76. The largest absolute Gasteiger partial charge is 0.372 e. The Bertz CT molecular complexity index is 403. The molecule has 5 heteroatoms. The Balaban J connectivity index is 2.42. The number of hydrogen-bond donors (Lipinski definition) is 1. The van der Waals surface area contributed by atoms with Gasteiger partial charge < -0.3 is 5.32 Å². The first kappa shape index (κ1) is 13.1. The molecule has 1 atom stereocenters. The average molecular weight is 316 g/mol. The molecule has 1 aliphatic heterocycles. The number of halogens is 1. The van der Waals surface area contributed by atoms with Gasteiger partial charge in [0.2, 0.25) is 0 Å². The van der Waals surface area contributed by atoms with Crippen LogP contribution in [-0.2, 0) is 0 Å². The van der Waals surface area contributed by atoms with E-state index in [1.807, 2.05) is 18.8 Å². The fraction of sp³-hybridized carbons (Fsp3) is 0.667. The van der Waals surface area contributed by atoms with Gasteiger partial charge >= 0.3 is 0 Å². The molecule has 0 bridgehead atoms. The van der Waals surface area contributed by atoms with Crippen LogP contribution in [-0.4, -0.2) is 22.8 Å². The lowest BCUT2D eigenvalue weighted by atomic mass is 10.1. The minimum absolute atomic E-state index is 0.407. The van der Waals surface area contributed by atoms with E-state index in [1.165, 1.54) is 18.6 Å². The van der Waals surface area contributed by atoms with Crippen LogP contribution in [0.4, 0.5) is 5.82 Å². The summed E-state index contributed by atoms with van der Waals surface area (Å²) < 4.78 is 1.00. The first-order valence-corrected chi connectivity index (χ1v) is 7.84. The molecule has 0 spiro atoms. The van der Waals surface area contributed by atoms with Gasteiger partial charge in [-0.25, -0.2) is 9.97 Å². The highest BCUT2D eigenvalue weighted by Crippen LogP contribution is 2.40. The van der Waals surface area contributed by atoms with Gasteiger partial charge in [0.05, 0.1) is 15.4 Å². The van der Waals surface area contributed by atoms with Gasteiger partial charge in [0, 0.05) is 7.05 Å². The van der Waals surface area contributed by atoms with Crippen LogP contribution in [0.2, 0.25) is 0 Å². The van der Waals surface area contributed by atoms with Crippen molar-refractivity contribution in [2.24, 2.45) is 0 Å². The summed E-state index contributed by atoms with van der Waals surface area (Å²) in [5, 5.41) is 3.63. The van der Waals surface area contributed by atoms with Crippen molar-refractivity contribution in [3.8, 4) is 0 Å². The minimum Gasteiger partial charge on any atom is -0.372 e. The highest BCUT2D eigenvalue weighted by molar-refractivity contribution is 9.10. The molecular formula is C12H18BrN3S. The average Bonchev–Trinajstić information content (AvgIpc) is 2.82. The molecular weight excluding hydrogens is 298 g/mol. The molecule has 1 aliphatic rings. The molecule has 1 aromatic rings. The van der Waals surface area contributed by atoms with Crippen LogP contribution < -0.4 is 5.32 Å². The van der Waals surface area contributed by atoms with Crippen LogP contribution in [0.25, 0.3) is 0 Å². The summed E-state index contributed by atoms with van der Waals surface area (Å²) in [6.45, 7) is 4.33. The number of nitrogens with zero attached hydrogens (tertiary/aromatic N) is 2. The van der Waals surface area contributed by atoms with Gasteiger partial charge in [-0.2, -0.15) is 11.8 Å². The van der Waals surface area contributed by atoms with E-state index in [9.17, 15) is 0 Å². The van der Waals surface area contributed by atoms with Crippen molar-refractivity contribution in [3.63, 3.8) is 0 Å². The number of aromatic nitrogens is 2. The Hall–Kier alpha value is -0.290. The van der Waals surface area contributed by atoms with E-state index < -0.39 is 0 Å². The van der Waals surface area contributed by atoms with Gasteiger partial charge in [0.1, 0.15) is 11.6 Å². The van der Waals surface area contributed by atoms with E-state index in [1.54, 1.807) is 0 Å². The Morgan fingerprint density at radius 3 is 2.71 bits per heavy atom. The van der Waals surface area contributed by atoms with Crippen LogP contribution in [0.3, 0.4) is 0 Å². The van der Waals surface area contributed by atoms with Gasteiger partial charge in [-0.05, 0) is 40.4 Å². The molecule has 1 saturated heterocycles. The molecule has 0 amide bonds. The summed E-state index contributed by atoms with van der Waals surface area (Å²) in [5.41, 5.74) is 1.10. The quantitative estimate of drug-likeness (QED) is 0.915. The molecule has 94 valence electrons. The summed E-state index contributed by atoms with van der Waals surface area (Å²) in [7, 11) is 1.91. The van der Waals surface area contributed by atoms with Crippen molar-refractivity contribution in [2.75, 3.05) is 18.1 Å². The zero-order chi connectivity index (χ0) is 12.4. The number of hydrogen-bond acceptors (Lipinski definition) is 4. The van der Waals surface area contributed by atoms with E-state index in [-0.39, 0.29) is 0 Å². The van der Waals surface area contributed by atoms with Crippen LogP contribution in [0.1, 0.15) is 49.4 Å². The molecule has 0 aliphatic carbocycles. The lowest BCUT2D eigenvalue weighted by Gasteiger charge is -2.15. The normalized spacial score (nSPS) is 19.9. The third-order valence-corrected chi connectivity index (χ3v) is 5.05. The van der Waals surface area contributed by atoms with Crippen molar-refractivity contribution < 1.29 is 0 Å². The first-order valence-electron chi connectivity index (χ1n) is 6.00. The maximum Gasteiger partial charge on any atom is 0.144 e. The van der Waals surface area contributed by atoms with E-state index in [0.717, 1.165) is 21.8 Å². The number of rotatable bonds is 3. The molecule has 17 heavy (non-hydrogen) atoms. The second kappa shape index (κ2) is 5.57. The SMILES string of the molecule is CNc1nc(C2CCCS2)nc(C(C)C)c1Br. The fourth-order valence-corrected chi connectivity index (χ4v) is 3.99. The standard InChI is InChI=1S/C12H18BrN3S/c1-7(2)10-9(13)12(14-3)16-11(15-10)8-5-4-6-17-8/h7-8H,4-6H2,1-3H3,(H,14,15,16). The van der Waals surface area contributed by atoms with Gasteiger partial charge in [-0.3, -0.25) is 0 Å². The van der Waals surface area contributed by atoms with Crippen LogP contribution in [0.15, 0.2) is 4.47 Å². The molecule has 0 saturated carbocycles. The highest BCUT2D eigenvalue weighted by Gasteiger charge is 2.23. The Morgan fingerprint density at radius 1 is 1.41 bits per heavy atom. The van der Waals surface area contributed by atoms with E-state index in [0.29, 0.717) is 11.2 Å². The van der Waals surface area contributed by atoms with Gasteiger partial charge in [-0.1, -0.05) is 13.8 Å². The Labute approximate surface area is 115 Å². The molecule has 1 aromatic heterocycles. The van der Waals surface area contributed by atoms with Gasteiger partial charge in [-0.15, -0.1) is 0 Å². The summed E-state index contributed by atoms with van der Waals surface area (Å²) in [6, 6.07) is 0. The summed E-state index contributed by atoms with van der Waals surface area (Å²) >= 11 is 5.56. The summed E-state index contributed by atoms with van der Waals surface area (Å²) in [6.07, 6.45) is 2.48. The van der Waals surface area contributed by atoms with E-state index in [2.05, 4.69) is 40.1 Å². The molecule has 1 N–H and O–H groups in total. The maximum absolute atomic E-state index is 4.74. The van der Waals surface area contributed by atoms with E-state index in [4.69, 9.17) is 4.98 Å². The number of nitrogens with one attached hydrogen (secondary N) is 1. The van der Waals surface area contributed by atoms with Crippen molar-refractivity contribution in [2.45, 2.75) is 37.9 Å². The van der Waals surface area contributed by atoms with Crippen molar-refractivity contribution >= 4 is 33.5 Å². The highest BCUT2D eigenvalue weighted by atomic mass is 79.9. The second-order valence-electron chi connectivity index (χ2n) is 4.54. The monoisotopic (exact) mass is 315 g/mol. The third-order valence-electron chi connectivity index (χ3n) is 2.90. The molecule has 0 aromatic carbocycles. The predicted octanol–water partition coefficient (Wildman–Crippen LogP) is 3.97. The van der Waals surface area contributed by atoms with Gasteiger partial charge in [0.15, 0.2) is 0 Å². The maximum atomic E-state index is 4.74. The van der Waals surface area contributed by atoms with E-state index >= 15 is 0 Å². The summed E-state index contributed by atoms with van der Waals surface area (Å²) in [4.78, 5) is 9.37. The molecule has 1 fully saturated rings. The van der Waals surface area contributed by atoms with Crippen LogP contribution in [0.5, 0.6) is 0 Å². The first-order chi connectivity index (χ1) is 8.13. The topological polar surface area (TPSA) is 37.8 Å². The number of anilines is 1. The Morgan fingerprint density at radius 2 is 2.18 bits per heavy atom. The fourth-order valence-electron chi connectivity index (χ4n) is 1.96. The molecule has 2 rings (SSSR count). The van der Waals surface area contributed by atoms with Crippen molar-refractivity contribution in [1.82, 2.24) is 9.97 Å². The van der Waals surface area contributed by atoms with Crippen LogP contribution in [0, 0.1) is 0 Å². The Kier molecular flexibility index (Phi) is 4.31. The minimum atomic E-state index is 0.407. The number of thioether (sulfide) groups is 1. The van der Waals surface area contributed by atoms with Gasteiger partial charge in [0.25, 0.3) is 0 Å². The smallest absolute Gasteiger partial charge is 0.144 e. The zero-order valence-corrected chi connectivity index (χ0v) is 12.9. The molecule has 1 unspecified atom stereocenters. The molecule has 2 heterocycles. The zero-order valence-electron chi connectivity index (χ0n) is 10.5. The lowest BCUT2D eigenvalue weighted by Crippen LogP contribution is -2.08. The predicted molar refractivity (Wildman–Crippen MR) is 77.8 cm³/mol.